The predicted molar refractivity (Wildman–Crippen MR) is 176 cm³/mol. The van der Waals surface area contributed by atoms with E-state index in [4.69, 9.17) is 25.5 Å². The lowest BCUT2D eigenvalue weighted by Gasteiger charge is -2.34. The van der Waals surface area contributed by atoms with Gasteiger partial charge in [0.2, 0.25) is 11.8 Å². The summed E-state index contributed by atoms with van der Waals surface area (Å²) in [6.07, 6.45) is 4.78. The van der Waals surface area contributed by atoms with E-state index in [1.807, 2.05) is 17.0 Å². The van der Waals surface area contributed by atoms with Gasteiger partial charge in [-0.15, -0.1) is 0 Å². The van der Waals surface area contributed by atoms with Gasteiger partial charge in [-0.1, -0.05) is 6.92 Å². The van der Waals surface area contributed by atoms with Gasteiger partial charge in [-0.2, -0.15) is 0 Å². The van der Waals surface area contributed by atoms with E-state index in [9.17, 15) is 14.4 Å². The lowest BCUT2D eigenvalue weighted by Crippen LogP contribution is -2.49. The zero-order valence-electron chi connectivity index (χ0n) is 27.5. The van der Waals surface area contributed by atoms with Crippen LogP contribution >= 0.6 is 0 Å². The van der Waals surface area contributed by atoms with Crippen molar-refractivity contribution >= 4 is 28.6 Å². The average molecular weight is 653 g/mol. The number of likely N-dealkylation sites (tertiary alicyclic amines) is 1. The zero-order chi connectivity index (χ0) is 33.3. The van der Waals surface area contributed by atoms with Crippen molar-refractivity contribution in [3.8, 4) is 5.75 Å². The van der Waals surface area contributed by atoms with Gasteiger partial charge in [0, 0.05) is 63.9 Å². The van der Waals surface area contributed by atoms with Gasteiger partial charge in [0.15, 0.2) is 0 Å². The van der Waals surface area contributed by atoms with Gasteiger partial charge in [-0.25, -0.2) is 6.57 Å². The number of hydrogen-bond acceptors (Lipinski definition) is 9. The van der Waals surface area contributed by atoms with Crippen LogP contribution in [0.5, 0.6) is 5.75 Å². The number of hydrogen-bond donors (Lipinski definition) is 1. The van der Waals surface area contributed by atoms with Crippen molar-refractivity contribution in [1.29, 1.82) is 0 Å². The van der Waals surface area contributed by atoms with Crippen molar-refractivity contribution in [1.82, 2.24) is 25.0 Å². The van der Waals surface area contributed by atoms with Gasteiger partial charge >= 0.3 is 6.17 Å². The molecule has 0 saturated carbocycles. The topological polar surface area (TPSA) is 127 Å². The fourth-order valence-corrected chi connectivity index (χ4v) is 5.64. The molecule has 1 aromatic heterocycles. The second kappa shape index (κ2) is 19.7. The molecule has 0 unspecified atom stereocenters. The molecule has 0 aliphatic carbocycles. The van der Waals surface area contributed by atoms with Gasteiger partial charge in [-0.05, 0) is 43.5 Å². The van der Waals surface area contributed by atoms with Crippen molar-refractivity contribution in [2.24, 2.45) is 0 Å². The number of carbonyl (C=O) groups excluding carboxylic acids is 3. The number of benzene rings is 1. The standard InChI is InChI=1S/C34H48N6O7/c1-3-18-44-21-23-46-24-22-45-20-10-32(41)39-16-14-38(15-17-39)12-5-19-47-27-7-8-30-29(25-27)28(9-11-36-30)34(43)37-26-33(42)40-13-4-6-31(40)35-2/h7-9,11,25,31H,3-6,10,12-24,26H2,1H3,(H,37,43)/t31-/m0/s1. The molecular weight excluding hydrogens is 604 g/mol. The lowest BCUT2D eigenvalue weighted by molar-refractivity contribution is -0.134. The largest absolute Gasteiger partial charge is 0.494 e. The first-order chi connectivity index (χ1) is 23.0. The summed E-state index contributed by atoms with van der Waals surface area (Å²) in [4.78, 5) is 51.8. The summed E-state index contributed by atoms with van der Waals surface area (Å²) in [5, 5.41) is 3.35. The van der Waals surface area contributed by atoms with Gasteiger partial charge in [0.05, 0.1) is 63.7 Å². The van der Waals surface area contributed by atoms with Crippen LogP contribution < -0.4 is 10.1 Å². The van der Waals surface area contributed by atoms with Crippen LogP contribution in [-0.4, -0.2) is 136 Å². The Balaban J connectivity index is 1.11. The van der Waals surface area contributed by atoms with Crippen molar-refractivity contribution < 1.29 is 33.3 Å². The van der Waals surface area contributed by atoms with Crippen LogP contribution in [0.2, 0.25) is 0 Å². The SMILES string of the molecule is [C-]#[N+][C@@H]1CCCN1C(=O)CNC(=O)c1ccnc2ccc(OCCCN3CCN(C(=O)CCOCCOCCOCCC)CC3)cc12. The number of aromatic nitrogens is 1. The average Bonchev–Trinajstić information content (AvgIpc) is 3.59. The summed E-state index contributed by atoms with van der Waals surface area (Å²) in [5.41, 5.74) is 1.06. The molecule has 13 nitrogen and oxygen atoms in total. The molecular formula is C34H48N6O7. The minimum absolute atomic E-state index is 0.118. The van der Waals surface area contributed by atoms with Crippen molar-refractivity contribution in [2.75, 3.05) is 92.1 Å². The van der Waals surface area contributed by atoms with Crippen LogP contribution in [-0.2, 0) is 23.8 Å². The van der Waals surface area contributed by atoms with Crippen LogP contribution in [0.3, 0.4) is 0 Å². The van der Waals surface area contributed by atoms with E-state index < -0.39 is 6.17 Å². The Bertz CT molecular complexity index is 1340. The number of ether oxygens (including phenoxy) is 4. The molecule has 3 amide bonds. The first kappa shape index (κ1) is 36.0. The molecule has 47 heavy (non-hydrogen) atoms. The molecule has 4 rings (SSSR count). The molecule has 2 aliphatic heterocycles. The number of nitrogens with zero attached hydrogens (tertiary/aromatic N) is 5. The van der Waals surface area contributed by atoms with Crippen molar-refractivity contribution in [3.05, 3.63) is 47.4 Å². The minimum Gasteiger partial charge on any atom is -0.494 e. The van der Waals surface area contributed by atoms with Crippen LogP contribution in [0.4, 0.5) is 0 Å². The Kier molecular flexibility index (Phi) is 15.1. The van der Waals surface area contributed by atoms with Crippen LogP contribution in [0.15, 0.2) is 30.5 Å². The first-order valence-corrected chi connectivity index (χ1v) is 16.7. The summed E-state index contributed by atoms with van der Waals surface area (Å²) in [6, 6.07) is 7.09. The predicted octanol–water partition coefficient (Wildman–Crippen LogP) is 2.60. The Morgan fingerprint density at radius 2 is 1.68 bits per heavy atom. The van der Waals surface area contributed by atoms with E-state index >= 15 is 0 Å². The molecule has 2 fully saturated rings. The highest BCUT2D eigenvalue weighted by Crippen LogP contribution is 2.23. The van der Waals surface area contributed by atoms with Crippen LogP contribution in [0.1, 0.15) is 49.4 Å². The smallest absolute Gasteiger partial charge is 0.300 e. The highest BCUT2D eigenvalue weighted by Gasteiger charge is 2.32. The number of rotatable bonds is 19. The molecule has 1 atom stereocenters. The molecule has 256 valence electrons. The maximum absolute atomic E-state index is 13.0. The summed E-state index contributed by atoms with van der Waals surface area (Å²) in [6.45, 7) is 17.4. The summed E-state index contributed by atoms with van der Waals surface area (Å²) in [5.74, 6) is 0.130. The number of piperazine rings is 1. The fourth-order valence-electron chi connectivity index (χ4n) is 5.64. The second-order valence-corrected chi connectivity index (χ2v) is 11.6. The fraction of sp³-hybridized carbons (Fsp3) is 0.618. The molecule has 1 aromatic carbocycles. The van der Waals surface area contributed by atoms with Gasteiger partial charge in [-0.3, -0.25) is 34.0 Å². The first-order valence-electron chi connectivity index (χ1n) is 16.7. The van der Waals surface area contributed by atoms with E-state index in [0.717, 1.165) is 45.5 Å². The zero-order valence-corrected chi connectivity index (χ0v) is 27.5. The maximum atomic E-state index is 13.0. The molecule has 2 aromatic rings. The van der Waals surface area contributed by atoms with Crippen molar-refractivity contribution in [2.45, 2.75) is 45.2 Å². The number of carbonyl (C=O) groups is 3. The number of nitrogens with one attached hydrogen (secondary N) is 1. The Morgan fingerprint density at radius 3 is 2.43 bits per heavy atom. The molecule has 2 aliphatic rings. The van der Waals surface area contributed by atoms with E-state index in [1.54, 1.807) is 18.3 Å². The van der Waals surface area contributed by atoms with E-state index in [2.05, 4.69) is 27.0 Å². The summed E-state index contributed by atoms with van der Waals surface area (Å²) < 4.78 is 22.4. The molecule has 0 spiro atoms. The summed E-state index contributed by atoms with van der Waals surface area (Å²) in [7, 11) is 0. The number of amides is 3. The highest BCUT2D eigenvalue weighted by molar-refractivity contribution is 6.07. The maximum Gasteiger partial charge on any atom is 0.300 e. The molecule has 0 bridgehead atoms. The normalized spacial score (nSPS) is 16.7. The molecule has 1 N–H and O–H groups in total. The number of fused-ring (bicyclic) bond motifs is 1. The van der Waals surface area contributed by atoms with E-state index in [1.165, 1.54) is 4.90 Å². The van der Waals surface area contributed by atoms with Crippen LogP contribution in [0.25, 0.3) is 15.7 Å². The Morgan fingerprint density at radius 1 is 0.936 bits per heavy atom. The van der Waals surface area contributed by atoms with Gasteiger partial charge < -0.3 is 29.2 Å². The second-order valence-electron chi connectivity index (χ2n) is 11.6. The molecule has 2 saturated heterocycles. The van der Waals surface area contributed by atoms with Crippen molar-refractivity contribution in [3.63, 3.8) is 0 Å². The van der Waals surface area contributed by atoms with E-state index in [0.29, 0.717) is 94.3 Å². The van der Waals surface area contributed by atoms with Gasteiger partial charge in [0.1, 0.15) is 5.75 Å². The Labute approximate surface area is 277 Å². The highest BCUT2D eigenvalue weighted by atomic mass is 16.5. The minimum atomic E-state index is -0.442. The monoisotopic (exact) mass is 652 g/mol. The summed E-state index contributed by atoms with van der Waals surface area (Å²) >= 11 is 0. The lowest BCUT2D eigenvalue weighted by atomic mass is 10.1. The van der Waals surface area contributed by atoms with Gasteiger partial charge in [0.25, 0.3) is 5.91 Å². The number of pyridine rings is 1. The molecule has 3 heterocycles. The quantitative estimate of drug-likeness (QED) is 0.180. The Hall–Kier alpha value is -3.83. The molecule has 0 radical (unpaired) electrons. The third-order valence-electron chi connectivity index (χ3n) is 8.21. The van der Waals surface area contributed by atoms with Crippen LogP contribution in [0, 0.1) is 6.57 Å². The third kappa shape index (κ3) is 11.4. The van der Waals surface area contributed by atoms with E-state index in [-0.39, 0.29) is 24.3 Å². The third-order valence-corrected chi connectivity index (χ3v) is 8.21. The molecule has 13 heteroatoms.